The molecule has 1 amide bonds. The van der Waals surface area contributed by atoms with E-state index in [1.54, 1.807) is 0 Å². The standard InChI is InChI=1S/C6H9F3N2OSi/c1-13(2,3)11(4-10)5(12)6(7,8)9/h1-3H3. The van der Waals surface area contributed by atoms with Crippen molar-refractivity contribution in [3.63, 3.8) is 0 Å². The molecule has 0 spiro atoms. The maximum atomic E-state index is 11.9. The maximum absolute atomic E-state index is 11.9. The van der Waals surface area contributed by atoms with Crippen LogP contribution < -0.4 is 0 Å². The van der Waals surface area contributed by atoms with Crippen molar-refractivity contribution in [2.24, 2.45) is 0 Å². The van der Waals surface area contributed by atoms with Gasteiger partial charge in [0.2, 0.25) is 0 Å². The summed E-state index contributed by atoms with van der Waals surface area (Å²) in [6, 6.07) is 0. The highest BCUT2D eigenvalue weighted by Gasteiger charge is 2.46. The van der Waals surface area contributed by atoms with Crippen LogP contribution in [0.1, 0.15) is 0 Å². The first-order valence-corrected chi connectivity index (χ1v) is 6.86. The van der Waals surface area contributed by atoms with E-state index in [-0.39, 0.29) is 4.57 Å². The highest BCUT2D eigenvalue weighted by molar-refractivity contribution is 6.76. The van der Waals surface area contributed by atoms with Gasteiger partial charge in [-0.2, -0.15) is 18.4 Å². The van der Waals surface area contributed by atoms with Crippen molar-refractivity contribution in [2.45, 2.75) is 25.8 Å². The van der Waals surface area contributed by atoms with Crippen LogP contribution in [0, 0.1) is 11.5 Å². The Morgan fingerprint density at radius 3 is 1.85 bits per heavy atom. The van der Waals surface area contributed by atoms with Crippen LogP contribution in [0.3, 0.4) is 0 Å². The molecule has 0 saturated heterocycles. The van der Waals surface area contributed by atoms with Crippen molar-refractivity contribution < 1.29 is 18.0 Å². The average molecular weight is 210 g/mol. The Labute approximate surface area is 74.8 Å². The number of hydrogen-bond acceptors (Lipinski definition) is 2. The summed E-state index contributed by atoms with van der Waals surface area (Å²) in [5.74, 6) is -2.07. The zero-order valence-corrected chi connectivity index (χ0v) is 8.44. The minimum absolute atomic E-state index is 0.243. The van der Waals surface area contributed by atoms with Crippen LogP contribution in [-0.2, 0) is 4.79 Å². The van der Waals surface area contributed by atoms with Crippen molar-refractivity contribution >= 4 is 14.1 Å². The van der Waals surface area contributed by atoms with E-state index in [0.717, 1.165) is 0 Å². The molecule has 0 radical (unpaired) electrons. The highest BCUT2D eigenvalue weighted by atomic mass is 28.3. The lowest BCUT2D eigenvalue weighted by Gasteiger charge is -2.26. The molecule has 0 fully saturated rings. The number of amides is 1. The molecule has 7 heteroatoms. The Morgan fingerprint density at radius 2 is 1.77 bits per heavy atom. The minimum Gasteiger partial charge on any atom is -0.271 e. The van der Waals surface area contributed by atoms with Crippen LogP contribution in [-0.4, -0.2) is 24.9 Å². The minimum atomic E-state index is -4.96. The predicted molar refractivity (Wildman–Crippen MR) is 41.9 cm³/mol. The van der Waals surface area contributed by atoms with Crippen LogP contribution in [0.5, 0.6) is 0 Å². The summed E-state index contributed by atoms with van der Waals surface area (Å²) in [4.78, 5) is 10.7. The average Bonchev–Trinajstić information content (AvgIpc) is 1.83. The van der Waals surface area contributed by atoms with E-state index in [2.05, 4.69) is 0 Å². The second kappa shape index (κ2) is 3.37. The second-order valence-electron chi connectivity index (χ2n) is 3.41. The largest absolute Gasteiger partial charge is 0.471 e. The van der Waals surface area contributed by atoms with Gasteiger partial charge < -0.3 is 0 Å². The van der Waals surface area contributed by atoms with Gasteiger partial charge in [0.15, 0.2) is 14.4 Å². The quantitative estimate of drug-likeness (QED) is 0.375. The molecule has 13 heavy (non-hydrogen) atoms. The summed E-state index contributed by atoms with van der Waals surface area (Å²) in [6.07, 6.45) is -3.69. The van der Waals surface area contributed by atoms with Crippen molar-refractivity contribution in [3.8, 4) is 6.19 Å². The number of rotatable bonds is 1. The van der Waals surface area contributed by atoms with Gasteiger partial charge in [-0.05, 0) is 0 Å². The third kappa shape index (κ3) is 3.06. The third-order valence-electron chi connectivity index (χ3n) is 1.22. The van der Waals surface area contributed by atoms with Gasteiger partial charge in [-0.15, -0.1) is 0 Å². The van der Waals surface area contributed by atoms with Gasteiger partial charge in [-0.3, -0.25) is 9.36 Å². The highest BCUT2D eigenvalue weighted by Crippen LogP contribution is 2.21. The molecule has 0 rings (SSSR count). The fraction of sp³-hybridized carbons (Fsp3) is 0.667. The van der Waals surface area contributed by atoms with E-state index in [1.165, 1.54) is 25.8 Å². The number of halogens is 3. The molecule has 0 unspecified atom stereocenters. The molecule has 0 aliphatic heterocycles. The van der Waals surface area contributed by atoms with E-state index in [9.17, 15) is 18.0 Å². The molecule has 0 aromatic carbocycles. The van der Waals surface area contributed by atoms with Crippen LogP contribution in [0.15, 0.2) is 0 Å². The topological polar surface area (TPSA) is 44.1 Å². The smallest absolute Gasteiger partial charge is 0.271 e. The molecule has 0 heterocycles. The Morgan fingerprint density at radius 1 is 1.38 bits per heavy atom. The fourth-order valence-electron chi connectivity index (χ4n) is 0.627. The Kier molecular flexibility index (Phi) is 3.11. The molecular formula is C6H9F3N2OSi. The van der Waals surface area contributed by atoms with Gasteiger partial charge in [0, 0.05) is 0 Å². The van der Waals surface area contributed by atoms with Crippen LogP contribution in [0.4, 0.5) is 13.2 Å². The molecule has 0 atom stereocenters. The molecule has 0 aliphatic carbocycles. The Balaban J connectivity index is 4.86. The lowest BCUT2D eigenvalue weighted by atomic mass is 10.6. The number of carbonyl (C=O) groups excluding carboxylic acids is 1. The van der Waals surface area contributed by atoms with E-state index < -0.39 is 20.3 Å². The molecule has 0 N–H and O–H groups in total. The molecule has 0 saturated carbocycles. The lowest BCUT2D eigenvalue weighted by Crippen LogP contribution is -2.51. The predicted octanol–water partition coefficient (Wildman–Crippen LogP) is 1.69. The van der Waals surface area contributed by atoms with Gasteiger partial charge in [0.1, 0.15) is 0 Å². The number of carbonyl (C=O) groups is 1. The lowest BCUT2D eigenvalue weighted by molar-refractivity contribution is -0.178. The van der Waals surface area contributed by atoms with Gasteiger partial charge >= 0.3 is 12.1 Å². The summed E-state index contributed by atoms with van der Waals surface area (Å²) in [7, 11) is -2.56. The van der Waals surface area contributed by atoms with Gasteiger partial charge in [-0.25, -0.2) is 0 Å². The maximum Gasteiger partial charge on any atom is 0.471 e. The SMILES string of the molecule is C[Si](C)(C)N(C#N)C(=O)C(F)(F)F. The van der Waals surface area contributed by atoms with Crippen LogP contribution >= 0.6 is 0 Å². The number of nitriles is 1. The first kappa shape index (κ1) is 12.0. The van der Waals surface area contributed by atoms with Crippen LogP contribution in [0.2, 0.25) is 19.6 Å². The summed E-state index contributed by atoms with van der Waals surface area (Å²) in [5.41, 5.74) is 0. The summed E-state index contributed by atoms with van der Waals surface area (Å²) in [6.45, 7) is 4.46. The first-order chi connectivity index (χ1) is 5.60. The molecule has 74 valence electrons. The summed E-state index contributed by atoms with van der Waals surface area (Å²) < 4.78 is 35.9. The molecule has 0 aromatic rings. The number of alkyl halides is 3. The Hall–Kier alpha value is -1.03. The fourth-order valence-corrected chi connectivity index (χ4v) is 1.66. The summed E-state index contributed by atoms with van der Waals surface area (Å²) >= 11 is 0. The molecule has 0 aliphatic rings. The zero-order chi connectivity index (χ0) is 10.9. The molecule has 0 bridgehead atoms. The van der Waals surface area contributed by atoms with E-state index in [1.807, 2.05) is 0 Å². The van der Waals surface area contributed by atoms with Crippen molar-refractivity contribution in [3.05, 3.63) is 0 Å². The van der Waals surface area contributed by atoms with Crippen molar-refractivity contribution in [1.29, 1.82) is 5.26 Å². The normalized spacial score (nSPS) is 12.1. The second-order valence-corrected chi connectivity index (χ2v) is 8.20. The number of hydrogen-bond donors (Lipinski definition) is 0. The monoisotopic (exact) mass is 210 g/mol. The van der Waals surface area contributed by atoms with Crippen LogP contribution in [0.25, 0.3) is 0 Å². The Bertz CT molecular complexity index is 250. The van der Waals surface area contributed by atoms with Gasteiger partial charge in [0.25, 0.3) is 0 Å². The first-order valence-electron chi connectivity index (χ1n) is 3.42. The number of nitrogens with zero attached hydrogens (tertiary/aromatic N) is 2. The van der Waals surface area contributed by atoms with E-state index in [4.69, 9.17) is 5.26 Å². The van der Waals surface area contributed by atoms with Crippen molar-refractivity contribution in [2.75, 3.05) is 0 Å². The van der Waals surface area contributed by atoms with Gasteiger partial charge in [-0.1, -0.05) is 19.6 Å². The third-order valence-corrected chi connectivity index (χ3v) is 2.86. The summed E-state index contributed by atoms with van der Waals surface area (Å²) in [5, 5.41) is 8.39. The van der Waals surface area contributed by atoms with Gasteiger partial charge in [0.05, 0.1) is 0 Å². The van der Waals surface area contributed by atoms with E-state index >= 15 is 0 Å². The van der Waals surface area contributed by atoms with E-state index in [0.29, 0.717) is 0 Å². The molecular weight excluding hydrogens is 201 g/mol. The molecule has 0 aromatic heterocycles. The molecule has 3 nitrogen and oxygen atoms in total. The zero-order valence-electron chi connectivity index (χ0n) is 7.44. The van der Waals surface area contributed by atoms with Crippen molar-refractivity contribution in [1.82, 2.24) is 4.57 Å².